The van der Waals surface area contributed by atoms with Crippen molar-refractivity contribution in [2.45, 2.75) is 44.9 Å². The molecule has 0 aliphatic heterocycles. The Kier molecular flexibility index (Phi) is 8.58. The molecule has 0 heterocycles. The molecule has 0 aromatic heterocycles. The minimum Gasteiger partial charge on any atom is -0.507 e. The zero-order valence-electron chi connectivity index (χ0n) is 25.8. The van der Waals surface area contributed by atoms with Crippen molar-refractivity contribution in [1.29, 1.82) is 0 Å². The monoisotopic (exact) mass is 610 g/mol. The summed E-state index contributed by atoms with van der Waals surface area (Å²) in [7, 11) is 0. The number of phenols is 5. The van der Waals surface area contributed by atoms with Crippen molar-refractivity contribution in [3.63, 3.8) is 0 Å². The van der Waals surface area contributed by atoms with E-state index in [9.17, 15) is 25.5 Å². The lowest BCUT2D eigenvalue weighted by atomic mass is 9.89. The number of benzene rings is 5. The van der Waals surface area contributed by atoms with Gasteiger partial charge in [-0.2, -0.15) is 0 Å². The molecule has 46 heavy (non-hydrogen) atoms. The predicted molar refractivity (Wildman–Crippen MR) is 182 cm³/mol. The van der Waals surface area contributed by atoms with Gasteiger partial charge in [0, 0.05) is 32.1 Å². The average molecular weight is 611 g/mol. The third-order valence-corrected chi connectivity index (χ3v) is 8.93. The number of allylic oxidation sites excluding steroid dienone is 2. The quantitative estimate of drug-likeness (QED) is 0.131. The molecule has 5 aromatic carbocycles. The molecule has 5 aromatic rings. The highest BCUT2D eigenvalue weighted by Gasteiger charge is 2.20. The highest BCUT2D eigenvalue weighted by atomic mass is 16.3. The second-order valence-corrected chi connectivity index (χ2v) is 12.2. The summed E-state index contributed by atoms with van der Waals surface area (Å²) < 4.78 is 0. The molecule has 0 fully saturated rings. The SMILES string of the molecule is C=CCc1cc2c(O)c(c1)Cc1cc(CC=C)cc(c1O)Cc1cccc(c1O)Cc1cccc(c1O)Cc1cccc(c1O)C2. The maximum absolute atomic E-state index is 11.6. The van der Waals surface area contributed by atoms with E-state index in [1.807, 2.05) is 91.0 Å². The second-order valence-electron chi connectivity index (χ2n) is 12.2. The van der Waals surface area contributed by atoms with E-state index >= 15 is 0 Å². The van der Waals surface area contributed by atoms with Crippen molar-refractivity contribution in [2.75, 3.05) is 0 Å². The molecule has 1 aliphatic carbocycles. The third-order valence-electron chi connectivity index (χ3n) is 8.93. The second kappa shape index (κ2) is 12.9. The van der Waals surface area contributed by atoms with Crippen molar-refractivity contribution >= 4 is 0 Å². The normalized spacial score (nSPS) is 12.7. The van der Waals surface area contributed by atoms with Crippen LogP contribution in [0.5, 0.6) is 28.7 Å². The van der Waals surface area contributed by atoms with Gasteiger partial charge in [0.25, 0.3) is 0 Å². The van der Waals surface area contributed by atoms with Gasteiger partial charge in [-0.3, -0.25) is 0 Å². The summed E-state index contributed by atoms with van der Waals surface area (Å²) in [6.45, 7) is 7.80. The zero-order valence-corrected chi connectivity index (χ0v) is 25.8. The first-order valence-electron chi connectivity index (χ1n) is 15.5. The molecule has 0 unspecified atom stereocenters. The Morgan fingerprint density at radius 1 is 0.391 bits per heavy atom. The molecule has 232 valence electrons. The highest BCUT2D eigenvalue weighted by Crippen LogP contribution is 2.38. The molecule has 5 nitrogen and oxygen atoms in total. The van der Waals surface area contributed by atoms with Crippen LogP contribution in [0.2, 0.25) is 0 Å². The van der Waals surface area contributed by atoms with Gasteiger partial charge in [-0.05, 0) is 79.6 Å². The van der Waals surface area contributed by atoms with Crippen LogP contribution in [0.25, 0.3) is 0 Å². The van der Waals surface area contributed by atoms with Gasteiger partial charge in [-0.15, -0.1) is 13.2 Å². The van der Waals surface area contributed by atoms with Gasteiger partial charge in [-0.1, -0.05) is 91.0 Å². The third kappa shape index (κ3) is 6.09. The van der Waals surface area contributed by atoms with Crippen LogP contribution in [0.4, 0.5) is 0 Å². The molecule has 5 heteroatoms. The van der Waals surface area contributed by atoms with Crippen LogP contribution in [-0.4, -0.2) is 25.5 Å². The minimum atomic E-state index is 0.109. The summed E-state index contributed by atoms with van der Waals surface area (Å²) in [4.78, 5) is 0. The van der Waals surface area contributed by atoms with Crippen molar-refractivity contribution in [3.8, 4) is 28.7 Å². The number of phenolic OH excluding ortho intramolecular Hbond substituents is 5. The first-order valence-corrected chi connectivity index (χ1v) is 15.5. The topological polar surface area (TPSA) is 101 Å². The fourth-order valence-corrected chi connectivity index (χ4v) is 6.59. The van der Waals surface area contributed by atoms with Crippen LogP contribution < -0.4 is 0 Å². The summed E-state index contributed by atoms with van der Waals surface area (Å²) in [6, 6.07) is 24.4. The summed E-state index contributed by atoms with van der Waals surface area (Å²) in [5.74, 6) is 0.559. The summed E-state index contributed by atoms with van der Waals surface area (Å²) >= 11 is 0. The molecule has 1 aliphatic rings. The maximum atomic E-state index is 11.6. The van der Waals surface area contributed by atoms with Crippen LogP contribution in [0, 0.1) is 0 Å². The lowest BCUT2D eigenvalue weighted by molar-refractivity contribution is 0.451. The Labute approximate surface area is 269 Å². The van der Waals surface area contributed by atoms with Crippen molar-refractivity contribution < 1.29 is 25.5 Å². The van der Waals surface area contributed by atoms with E-state index < -0.39 is 0 Å². The smallest absolute Gasteiger partial charge is 0.122 e. The summed E-state index contributed by atoms with van der Waals surface area (Å²) in [6.07, 6.45) is 6.26. The van der Waals surface area contributed by atoms with Crippen LogP contribution in [-0.2, 0) is 44.9 Å². The number of aromatic hydroxyl groups is 5. The van der Waals surface area contributed by atoms with E-state index in [1.54, 1.807) is 0 Å². The van der Waals surface area contributed by atoms with Crippen LogP contribution in [0.3, 0.4) is 0 Å². The lowest BCUT2D eigenvalue weighted by Gasteiger charge is -2.18. The molecule has 0 saturated carbocycles. The Morgan fingerprint density at radius 2 is 0.609 bits per heavy atom. The number of hydrogen-bond donors (Lipinski definition) is 5. The Balaban J connectivity index is 1.57. The van der Waals surface area contributed by atoms with Gasteiger partial charge in [0.1, 0.15) is 28.7 Å². The van der Waals surface area contributed by atoms with Crippen LogP contribution in [0.15, 0.2) is 104 Å². The highest BCUT2D eigenvalue weighted by molar-refractivity contribution is 5.56. The molecule has 0 amide bonds. The number of fused-ring (bicyclic) bond motifs is 10. The van der Waals surface area contributed by atoms with Gasteiger partial charge >= 0.3 is 0 Å². The van der Waals surface area contributed by atoms with E-state index in [2.05, 4.69) is 13.2 Å². The molecule has 0 atom stereocenters. The zero-order chi connectivity index (χ0) is 32.4. The van der Waals surface area contributed by atoms with Crippen molar-refractivity contribution in [1.82, 2.24) is 0 Å². The lowest BCUT2D eigenvalue weighted by Crippen LogP contribution is -2.02. The standard InChI is InChI=1S/C41H38O5/c1-3-8-25-16-33-22-31-14-6-12-29(38(31)43)20-27-10-5-11-28(37(27)42)21-30-13-7-15-32(39(30)44)23-34-17-26(9-4-2)19-36(41(34)46)24-35(18-25)40(33)45/h3-7,10-19,42-46H,1-2,8-9,20-24H2. The summed E-state index contributed by atoms with van der Waals surface area (Å²) in [5, 5.41) is 57.4. The minimum absolute atomic E-state index is 0.109. The molecular weight excluding hydrogens is 572 g/mol. The van der Waals surface area contributed by atoms with Crippen LogP contribution in [0.1, 0.15) is 66.8 Å². The van der Waals surface area contributed by atoms with Crippen LogP contribution >= 0.6 is 0 Å². The molecule has 6 rings (SSSR count). The van der Waals surface area contributed by atoms with Gasteiger partial charge < -0.3 is 25.5 Å². The Hall–Kier alpha value is -5.42. The molecule has 0 radical (unpaired) electrons. The van der Waals surface area contributed by atoms with E-state index in [0.29, 0.717) is 81.3 Å². The summed E-state index contributed by atoms with van der Waals surface area (Å²) in [5.41, 5.74) is 8.47. The fraction of sp³-hybridized carbons (Fsp3) is 0.171. The molecule has 0 spiro atoms. The molecule has 10 bridgehead atoms. The molecule has 5 N–H and O–H groups in total. The van der Waals surface area contributed by atoms with E-state index in [-0.39, 0.29) is 48.0 Å². The van der Waals surface area contributed by atoms with Crippen molar-refractivity contribution in [2.24, 2.45) is 0 Å². The van der Waals surface area contributed by atoms with Gasteiger partial charge in [0.2, 0.25) is 0 Å². The van der Waals surface area contributed by atoms with E-state index in [4.69, 9.17) is 0 Å². The first-order chi connectivity index (χ1) is 22.2. The fourth-order valence-electron chi connectivity index (χ4n) is 6.59. The van der Waals surface area contributed by atoms with Gasteiger partial charge in [-0.25, -0.2) is 0 Å². The van der Waals surface area contributed by atoms with Gasteiger partial charge in [0.15, 0.2) is 0 Å². The Morgan fingerprint density at radius 3 is 0.870 bits per heavy atom. The van der Waals surface area contributed by atoms with Gasteiger partial charge in [0.05, 0.1) is 0 Å². The number of hydrogen-bond acceptors (Lipinski definition) is 5. The van der Waals surface area contributed by atoms with E-state index in [0.717, 1.165) is 11.1 Å². The predicted octanol–water partition coefficient (Wildman–Crippen LogP) is 7.94. The number of para-hydroxylation sites is 3. The van der Waals surface area contributed by atoms with Crippen molar-refractivity contribution in [3.05, 3.63) is 171 Å². The Bertz CT molecular complexity index is 1830. The van der Waals surface area contributed by atoms with E-state index in [1.165, 1.54) is 0 Å². The number of rotatable bonds is 4. The largest absolute Gasteiger partial charge is 0.507 e. The average Bonchev–Trinajstić information content (AvgIpc) is 3.03. The molecule has 0 saturated heterocycles. The molecular formula is C41H38O5. The first kappa shape index (κ1) is 30.6. The maximum Gasteiger partial charge on any atom is 0.122 e.